The third-order valence-corrected chi connectivity index (χ3v) is 4.65. The molecule has 4 heteroatoms. The maximum Gasteiger partial charge on any atom is 0.306 e. The third-order valence-electron chi connectivity index (χ3n) is 4.65. The van der Waals surface area contributed by atoms with Gasteiger partial charge in [-0.05, 0) is 31.1 Å². The molecule has 3 rings (SSSR count). The molecule has 0 unspecified atom stereocenters. The van der Waals surface area contributed by atoms with E-state index in [0.29, 0.717) is 24.9 Å². The summed E-state index contributed by atoms with van der Waals surface area (Å²) in [5.41, 5.74) is 1.04. The topological polar surface area (TPSA) is 58.9 Å². The second kappa shape index (κ2) is 4.31. The molecule has 96 valence electrons. The molecule has 4 nitrogen and oxygen atoms in total. The number of carbonyl (C=O) groups is 1. The van der Waals surface area contributed by atoms with Crippen LogP contribution >= 0.6 is 0 Å². The monoisotopic (exact) mass is 239 g/mol. The van der Waals surface area contributed by atoms with Crippen molar-refractivity contribution in [2.24, 2.45) is 28.3 Å². The van der Waals surface area contributed by atoms with E-state index < -0.39 is 0 Å². The van der Waals surface area contributed by atoms with Crippen LogP contribution in [0.5, 0.6) is 0 Å². The first kappa shape index (κ1) is 12.4. The van der Waals surface area contributed by atoms with E-state index in [9.17, 15) is 4.79 Å². The second-order valence-electron chi connectivity index (χ2n) is 5.77. The smallest absolute Gasteiger partial charge is 0.306 e. The van der Waals surface area contributed by atoms with Crippen LogP contribution in [0.4, 0.5) is 0 Å². The van der Waals surface area contributed by atoms with Gasteiger partial charge in [0.2, 0.25) is 0 Å². The lowest BCUT2D eigenvalue weighted by atomic mass is 9.46. The van der Waals surface area contributed by atoms with E-state index in [1.165, 1.54) is 0 Å². The summed E-state index contributed by atoms with van der Waals surface area (Å²) >= 11 is 0. The maximum absolute atomic E-state index is 11.5. The summed E-state index contributed by atoms with van der Waals surface area (Å²) in [7, 11) is 0. The molecular weight excluding hydrogens is 218 g/mol. The fourth-order valence-corrected chi connectivity index (χ4v) is 3.43. The van der Waals surface area contributed by atoms with Gasteiger partial charge in [-0.15, -0.1) is 0 Å². The molecule has 3 aliphatic carbocycles. The first-order chi connectivity index (χ1) is 8.00. The number of nitrogens with zero attached hydrogens (tertiary/aromatic N) is 1. The van der Waals surface area contributed by atoms with Crippen LogP contribution in [-0.2, 0) is 9.53 Å². The minimum atomic E-state index is -0.183. The Kier molecular flexibility index (Phi) is 3.15. The lowest BCUT2D eigenvalue weighted by Gasteiger charge is -2.58. The van der Waals surface area contributed by atoms with E-state index in [2.05, 4.69) is 19.0 Å². The van der Waals surface area contributed by atoms with Crippen molar-refractivity contribution < 1.29 is 14.7 Å². The number of hydrogen-bond donors (Lipinski definition) is 1. The van der Waals surface area contributed by atoms with Crippen molar-refractivity contribution in [2.45, 2.75) is 40.0 Å². The molecule has 0 aliphatic heterocycles. The second-order valence-corrected chi connectivity index (χ2v) is 5.77. The minimum Gasteiger partial charge on any atom is -0.466 e. The Labute approximate surface area is 102 Å². The van der Waals surface area contributed by atoms with E-state index in [-0.39, 0.29) is 17.3 Å². The molecule has 0 radical (unpaired) electrons. The van der Waals surface area contributed by atoms with Crippen LogP contribution in [0.15, 0.2) is 5.16 Å². The average molecular weight is 239 g/mol. The van der Waals surface area contributed by atoms with Gasteiger partial charge in [-0.25, -0.2) is 0 Å². The van der Waals surface area contributed by atoms with Crippen LogP contribution in [0.3, 0.4) is 0 Å². The van der Waals surface area contributed by atoms with Crippen LogP contribution in [0.1, 0.15) is 40.0 Å². The highest BCUT2D eigenvalue weighted by molar-refractivity contribution is 5.94. The summed E-state index contributed by atoms with van der Waals surface area (Å²) in [6.07, 6.45) is 2.41. The number of esters is 1. The zero-order valence-electron chi connectivity index (χ0n) is 10.8. The number of rotatable bonds is 3. The molecule has 3 fully saturated rings. The van der Waals surface area contributed by atoms with Crippen molar-refractivity contribution in [1.82, 2.24) is 0 Å². The Morgan fingerprint density at radius 1 is 1.53 bits per heavy atom. The Bertz CT molecular complexity index is 349. The Morgan fingerprint density at radius 3 is 2.76 bits per heavy atom. The lowest BCUT2D eigenvalue weighted by Crippen LogP contribution is -2.56. The van der Waals surface area contributed by atoms with Crippen LogP contribution < -0.4 is 0 Å². The molecule has 0 amide bonds. The molecule has 3 saturated carbocycles. The van der Waals surface area contributed by atoms with Crippen molar-refractivity contribution in [3.63, 3.8) is 0 Å². The highest BCUT2D eigenvalue weighted by atomic mass is 16.5. The quantitative estimate of drug-likeness (QED) is 0.467. The normalized spacial score (nSPS) is 36.4. The summed E-state index contributed by atoms with van der Waals surface area (Å²) in [6, 6.07) is 0. The van der Waals surface area contributed by atoms with Gasteiger partial charge in [0.25, 0.3) is 0 Å². The van der Waals surface area contributed by atoms with E-state index in [4.69, 9.17) is 9.94 Å². The Morgan fingerprint density at radius 2 is 2.24 bits per heavy atom. The van der Waals surface area contributed by atoms with Gasteiger partial charge >= 0.3 is 5.97 Å². The standard InChI is InChI=1S/C13H21NO3/c1-4-17-11(15)6-8-5-9-7-10(12(8)14-16)13(9,2)3/h8-10,16H,4-7H2,1-3H3/b14-12-/t8-,9+,10+/m1/s1. The van der Waals surface area contributed by atoms with Gasteiger partial charge in [0, 0.05) is 11.8 Å². The molecule has 2 bridgehead atoms. The molecule has 3 aliphatic rings. The summed E-state index contributed by atoms with van der Waals surface area (Å²) in [5, 5.41) is 12.6. The van der Waals surface area contributed by atoms with Crippen LogP contribution in [0, 0.1) is 23.2 Å². The lowest BCUT2D eigenvalue weighted by molar-refractivity contribution is -0.144. The molecule has 0 aromatic heterocycles. The number of oxime groups is 1. The van der Waals surface area contributed by atoms with Crippen molar-refractivity contribution in [2.75, 3.05) is 6.61 Å². The van der Waals surface area contributed by atoms with E-state index >= 15 is 0 Å². The molecule has 0 aromatic rings. The van der Waals surface area contributed by atoms with Crippen LogP contribution in [0.25, 0.3) is 0 Å². The highest BCUT2D eigenvalue weighted by Crippen LogP contribution is 2.59. The van der Waals surface area contributed by atoms with Crippen LogP contribution in [0.2, 0.25) is 0 Å². The predicted molar refractivity (Wildman–Crippen MR) is 64.0 cm³/mol. The summed E-state index contributed by atoms with van der Waals surface area (Å²) in [4.78, 5) is 11.5. The van der Waals surface area contributed by atoms with Crippen molar-refractivity contribution >= 4 is 11.7 Å². The largest absolute Gasteiger partial charge is 0.466 e. The summed E-state index contributed by atoms with van der Waals surface area (Å²) in [6.45, 7) is 6.66. The zero-order valence-corrected chi connectivity index (χ0v) is 10.8. The highest BCUT2D eigenvalue weighted by Gasteiger charge is 2.56. The van der Waals surface area contributed by atoms with Gasteiger partial charge in [0.1, 0.15) is 0 Å². The minimum absolute atomic E-state index is 0.0795. The van der Waals surface area contributed by atoms with Crippen molar-refractivity contribution in [3.8, 4) is 0 Å². The van der Waals surface area contributed by atoms with Gasteiger partial charge in [0.05, 0.1) is 18.7 Å². The number of carbonyl (C=O) groups excluding carboxylic acids is 1. The zero-order chi connectivity index (χ0) is 12.6. The summed E-state index contributed by atoms with van der Waals surface area (Å²) in [5.74, 6) is 0.886. The number of hydrogen-bond acceptors (Lipinski definition) is 4. The first-order valence-corrected chi connectivity index (χ1v) is 6.38. The molecule has 3 atom stereocenters. The third kappa shape index (κ3) is 1.94. The van der Waals surface area contributed by atoms with Gasteiger partial charge in [-0.2, -0.15) is 0 Å². The first-order valence-electron chi connectivity index (χ1n) is 6.38. The SMILES string of the molecule is CCOC(=O)C[C@H]1C[C@H]2C[C@@H](/C1=N\O)C2(C)C. The molecule has 0 heterocycles. The summed E-state index contributed by atoms with van der Waals surface area (Å²) < 4.78 is 4.96. The molecule has 17 heavy (non-hydrogen) atoms. The van der Waals surface area contributed by atoms with Gasteiger partial charge in [-0.1, -0.05) is 19.0 Å². The van der Waals surface area contributed by atoms with Crippen molar-refractivity contribution in [3.05, 3.63) is 0 Å². The van der Waals surface area contributed by atoms with Gasteiger partial charge < -0.3 is 9.94 Å². The fraction of sp³-hybridized carbons (Fsp3) is 0.846. The van der Waals surface area contributed by atoms with Crippen LogP contribution in [-0.4, -0.2) is 23.5 Å². The Hall–Kier alpha value is -1.06. The number of ether oxygens (including phenoxy) is 1. The molecule has 0 spiro atoms. The Balaban J connectivity index is 2.04. The molecular formula is C13H21NO3. The number of fused-ring (bicyclic) bond motifs is 2. The van der Waals surface area contributed by atoms with Gasteiger partial charge in [-0.3, -0.25) is 4.79 Å². The van der Waals surface area contributed by atoms with E-state index in [1.807, 2.05) is 0 Å². The molecule has 0 saturated heterocycles. The predicted octanol–water partition coefficient (Wildman–Crippen LogP) is 2.45. The molecule has 1 N–H and O–H groups in total. The fourth-order valence-electron chi connectivity index (χ4n) is 3.43. The average Bonchev–Trinajstić information content (AvgIpc) is 2.28. The van der Waals surface area contributed by atoms with E-state index in [1.54, 1.807) is 6.92 Å². The van der Waals surface area contributed by atoms with Gasteiger partial charge in [0.15, 0.2) is 0 Å². The maximum atomic E-state index is 11.5. The molecule has 0 aromatic carbocycles. The van der Waals surface area contributed by atoms with E-state index in [0.717, 1.165) is 18.6 Å². The van der Waals surface area contributed by atoms with Crippen molar-refractivity contribution in [1.29, 1.82) is 0 Å².